The van der Waals surface area contributed by atoms with E-state index < -0.39 is 0 Å². The van der Waals surface area contributed by atoms with E-state index in [0.29, 0.717) is 6.61 Å². The molecule has 0 saturated heterocycles. The molecule has 0 fully saturated rings. The second-order valence-electron chi connectivity index (χ2n) is 7.10. The first kappa shape index (κ1) is 19.4. The van der Waals surface area contributed by atoms with E-state index in [0.717, 1.165) is 29.9 Å². The summed E-state index contributed by atoms with van der Waals surface area (Å²) in [5.74, 6) is 0.911. The zero-order chi connectivity index (χ0) is 19.4. The zero-order valence-corrected chi connectivity index (χ0v) is 16.9. The van der Waals surface area contributed by atoms with Gasteiger partial charge in [-0.15, -0.1) is 0 Å². The average molecular weight is 367 g/mol. The molecule has 3 aromatic rings. The average Bonchev–Trinajstić information content (AvgIpc) is 2.98. The maximum atomic E-state index is 5.54. The summed E-state index contributed by atoms with van der Waals surface area (Å²) in [6.07, 6.45) is 2.11. The Morgan fingerprint density at radius 2 is 1.74 bits per heavy atom. The van der Waals surface area contributed by atoms with E-state index in [1.165, 1.54) is 16.5 Å². The first-order chi connectivity index (χ1) is 13.0. The Bertz CT molecular complexity index is 904. The molecule has 1 atom stereocenters. The van der Waals surface area contributed by atoms with Crippen molar-refractivity contribution in [2.24, 2.45) is 7.05 Å². The van der Waals surface area contributed by atoms with Gasteiger partial charge >= 0.3 is 0 Å². The molecule has 5 heteroatoms. The van der Waals surface area contributed by atoms with Gasteiger partial charge in [0.1, 0.15) is 5.75 Å². The SMILES string of the molecule is COCC(C)N(Cc1cn(C)nc1C)Cc1ccc(OC)c2ccccc12. The fourth-order valence-corrected chi connectivity index (χ4v) is 3.61. The molecule has 1 aromatic heterocycles. The van der Waals surface area contributed by atoms with Gasteiger partial charge in [-0.05, 0) is 30.9 Å². The van der Waals surface area contributed by atoms with Crippen LogP contribution in [0.15, 0.2) is 42.6 Å². The lowest BCUT2D eigenvalue weighted by molar-refractivity contribution is 0.0896. The lowest BCUT2D eigenvalue weighted by atomic mass is 10.0. The lowest BCUT2D eigenvalue weighted by Crippen LogP contribution is -2.35. The van der Waals surface area contributed by atoms with Gasteiger partial charge in [-0.1, -0.05) is 30.3 Å². The van der Waals surface area contributed by atoms with Crippen molar-refractivity contribution >= 4 is 10.8 Å². The summed E-state index contributed by atoms with van der Waals surface area (Å²) in [6.45, 7) is 6.64. The van der Waals surface area contributed by atoms with Crippen LogP contribution in [0.2, 0.25) is 0 Å². The van der Waals surface area contributed by atoms with E-state index in [1.807, 2.05) is 11.7 Å². The maximum Gasteiger partial charge on any atom is 0.126 e. The number of aryl methyl sites for hydroxylation is 2. The maximum absolute atomic E-state index is 5.54. The lowest BCUT2D eigenvalue weighted by Gasteiger charge is -2.29. The summed E-state index contributed by atoms with van der Waals surface area (Å²) in [5.41, 5.74) is 3.61. The molecular weight excluding hydrogens is 338 g/mol. The summed E-state index contributed by atoms with van der Waals surface area (Å²) in [6, 6.07) is 12.9. The number of nitrogens with zero attached hydrogens (tertiary/aromatic N) is 3. The fourth-order valence-electron chi connectivity index (χ4n) is 3.61. The van der Waals surface area contributed by atoms with Gasteiger partial charge in [0.05, 0.1) is 19.4 Å². The number of rotatable bonds is 8. The van der Waals surface area contributed by atoms with Gasteiger partial charge in [0.25, 0.3) is 0 Å². The summed E-state index contributed by atoms with van der Waals surface area (Å²) in [5, 5.41) is 6.87. The van der Waals surface area contributed by atoms with E-state index in [1.54, 1.807) is 14.2 Å². The third-order valence-electron chi connectivity index (χ3n) is 5.09. The summed E-state index contributed by atoms with van der Waals surface area (Å²) >= 11 is 0. The molecule has 0 spiro atoms. The van der Waals surface area contributed by atoms with E-state index in [2.05, 4.69) is 66.4 Å². The minimum atomic E-state index is 0.287. The molecular formula is C22H29N3O2. The number of aromatic nitrogens is 2. The Kier molecular flexibility index (Phi) is 6.14. The molecule has 1 unspecified atom stereocenters. The third kappa shape index (κ3) is 4.31. The monoisotopic (exact) mass is 367 g/mol. The van der Waals surface area contributed by atoms with Crippen LogP contribution in [0.5, 0.6) is 5.75 Å². The third-order valence-corrected chi connectivity index (χ3v) is 5.09. The number of fused-ring (bicyclic) bond motifs is 1. The highest BCUT2D eigenvalue weighted by Gasteiger charge is 2.18. The van der Waals surface area contributed by atoms with Crippen LogP contribution in [-0.4, -0.2) is 41.5 Å². The van der Waals surface area contributed by atoms with Gasteiger partial charge in [-0.25, -0.2) is 0 Å². The van der Waals surface area contributed by atoms with Crippen LogP contribution in [0.3, 0.4) is 0 Å². The summed E-state index contributed by atoms with van der Waals surface area (Å²) in [4.78, 5) is 2.45. The van der Waals surface area contributed by atoms with Crippen molar-refractivity contribution in [1.29, 1.82) is 0 Å². The van der Waals surface area contributed by atoms with Gasteiger partial charge in [0, 0.05) is 50.4 Å². The minimum Gasteiger partial charge on any atom is -0.496 e. The first-order valence-electron chi connectivity index (χ1n) is 9.30. The molecule has 144 valence electrons. The molecule has 0 amide bonds. The van der Waals surface area contributed by atoms with E-state index >= 15 is 0 Å². The molecule has 0 aliphatic rings. The molecule has 0 saturated carbocycles. The van der Waals surface area contributed by atoms with E-state index in [4.69, 9.17) is 9.47 Å². The van der Waals surface area contributed by atoms with E-state index in [-0.39, 0.29) is 6.04 Å². The van der Waals surface area contributed by atoms with Crippen molar-refractivity contribution in [3.8, 4) is 5.75 Å². The summed E-state index contributed by atoms with van der Waals surface area (Å²) < 4.78 is 12.9. The Morgan fingerprint density at radius 3 is 2.37 bits per heavy atom. The van der Waals surface area contributed by atoms with Crippen LogP contribution in [0, 0.1) is 6.92 Å². The highest BCUT2D eigenvalue weighted by Crippen LogP contribution is 2.29. The van der Waals surface area contributed by atoms with Crippen molar-refractivity contribution in [2.45, 2.75) is 33.0 Å². The highest BCUT2D eigenvalue weighted by molar-refractivity contribution is 5.91. The number of ether oxygens (including phenoxy) is 2. The number of hydrogen-bond donors (Lipinski definition) is 0. The molecule has 0 radical (unpaired) electrons. The molecule has 2 aromatic carbocycles. The Hall–Kier alpha value is -2.37. The smallest absolute Gasteiger partial charge is 0.126 e. The van der Waals surface area contributed by atoms with Crippen LogP contribution < -0.4 is 4.74 Å². The van der Waals surface area contributed by atoms with Crippen LogP contribution in [0.1, 0.15) is 23.7 Å². The summed E-state index contributed by atoms with van der Waals surface area (Å²) in [7, 11) is 5.45. The Balaban J connectivity index is 1.94. The molecule has 0 bridgehead atoms. The zero-order valence-electron chi connectivity index (χ0n) is 16.9. The minimum absolute atomic E-state index is 0.287. The van der Waals surface area contributed by atoms with Crippen LogP contribution >= 0.6 is 0 Å². The number of methoxy groups -OCH3 is 2. The van der Waals surface area contributed by atoms with Gasteiger partial charge in [-0.2, -0.15) is 5.10 Å². The van der Waals surface area contributed by atoms with Gasteiger partial charge < -0.3 is 9.47 Å². The van der Waals surface area contributed by atoms with Gasteiger partial charge in [-0.3, -0.25) is 9.58 Å². The first-order valence-corrected chi connectivity index (χ1v) is 9.30. The Morgan fingerprint density at radius 1 is 1.04 bits per heavy atom. The molecule has 0 aliphatic carbocycles. The van der Waals surface area contributed by atoms with Crippen molar-refractivity contribution < 1.29 is 9.47 Å². The fraction of sp³-hybridized carbons (Fsp3) is 0.409. The highest BCUT2D eigenvalue weighted by atomic mass is 16.5. The molecule has 0 aliphatic heterocycles. The molecule has 27 heavy (non-hydrogen) atoms. The topological polar surface area (TPSA) is 39.5 Å². The van der Waals surface area contributed by atoms with Gasteiger partial charge in [0.15, 0.2) is 0 Å². The normalized spacial score (nSPS) is 12.7. The van der Waals surface area contributed by atoms with Crippen molar-refractivity contribution in [1.82, 2.24) is 14.7 Å². The predicted molar refractivity (Wildman–Crippen MR) is 109 cm³/mol. The van der Waals surface area contributed by atoms with E-state index in [9.17, 15) is 0 Å². The second kappa shape index (κ2) is 8.55. The molecule has 3 rings (SSSR count). The van der Waals surface area contributed by atoms with Gasteiger partial charge in [0.2, 0.25) is 0 Å². The van der Waals surface area contributed by atoms with Crippen molar-refractivity contribution in [2.75, 3.05) is 20.8 Å². The van der Waals surface area contributed by atoms with Crippen LogP contribution in [0.25, 0.3) is 10.8 Å². The standard InChI is InChI=1S/C22H29N3O2/c1-16(15-26-4)25(14-19-12-24(3)23-17(19)2)13-18-10-11-22(27-5)21-9-7-6-8-20(18)21/h6-12,16H,13-15H2,1-5H3. The predicted octanol–water partition coefficient (Wildman–Crippen LogP) is 3.93. The van der Waals surface area contributed by atoms with Crippen molar-refractivity contribution in [3.63, 3.8) is 0 Å². The number of hydrogen-bond acceptors (Lipinski definition) is 4. The Labute approximate surface area is 161 Å². The molecule has 1 heterocycles. The second-order valence-corrected chi connectivity index (χ2v) is 7.10. The largest absolute Gasteiger partial charge is 0.496 e. The van der Waals surface area contributed by atoms with Crippen LogP contribution in [0.4, 0.5) is 0 Å². The molecule has 0 N–H and O–H groups in total. The quantitative estimate of drug-likeness (QED) is 0.605. The molecule has 5 nitrogen and oxygen atoms in total. The number of benzene rings is 2. The van der Waals surface area contributed by atoms with Crippen molar-refractivity contribution in [3.05, 3.63) is 59.4 Å². The van der Waals surface area contributed by atoms with Crippen LogP contribution in [-0.2, 0) is 24.9 Å².